The number of fused-ring (bicyclic) bond motifs is 1. The van der Waals surface area contributed by atoms with Crippen LogP contribution in [0.15, 0.2) is 34.8 Å². The predicted molar refractivity (Wildman–Crippen MR) is 84.2 cm³/mol. The third-order valence-electron chi connectivity index (χ3n) is 2.86. The number of nitrogens with one attached hydrogen (secondary N) is 1. The van der Waals surface area contributed by atoms with Crippen LogP contribution in [0.1, 0.15) is 0 Å². The van der Waals surface area contributed by atoms with Crippen LogP contribution in [-0.2, 0) is 4.79 Å². The monoisotopic (exact) mass is 368 g/mol. The molecular weight excluding hydrogens is 360 g/mol. The van der Waals surface area contributed by atoms with Gasteiger partial charge in [-0.1, -0.05) is 27.5 Å². The number of hydrogen-bond donors (Lipinski definition) is 2. The van der Waals surface area contributed by atoms with Crippen LogP contribution in [0.2, 0.25) is 5.02 Å². The first-order valence-electron chi connectivity index (χ1n) is 6.02. The molecule has 108 valence electrons. The average Bonchev–Trinajstić information content (AvgIpc) is 2.43. The molecule has 0 fully saturated rings. The summed E-state index contributed by atoms with van der Waals surface area (Å²) in [4.78, 5) is 11.3. The summed E-state index contributed by atoms with van der Waals surface area (Å²) in [6.07, 6.45) is 0. The molecule has 0 saturated heterocycles. The van der Waals surface area contributed by atoms with Gasteiger partial charge in [-0.2, -0.15) is 0 Å². The van der Waals surface area contributed by atoms with E-state index in [1.807, 2.05) is 0 Å². The Labute approximate surface area is 134 Å². The number of nitrogen functional groups attached to an aromatic ring is 1. The van der Waals surface area contributed by atoms with E-state index in [9.17, 15) is 4.79 Å². The first-order chi connectivity index (χ1) is 10.0. The zero-order chi connectivity index (χ0) is 15.0. The number of carbonyl (C=O) groups is 1. The predicted octanol–water partition coefficient (Wildman–Crippen LogP) is 3.81. The van der Waals surface area contributed by atoms with E-state index in [1.165, 1.54) is 0 Å². The van der Waals surface area contributed by atoms with Crippen molar-refractivity contribution in [3.63, 3.8) is 0 Å². The number of benzene rings is 2. The standard InChI is InChI=1S/C14H10BrClN2O3/c15-7-1-2-11(8(16)3-7)21-12-5-10-13(4-9(12)17)20-6-14(19)18-10/h1-5H,6,17H2,(H,18,19). The van der Waals surface area contributed by atoms with Gasteiger partial charge in [0.05, 0.1) is 16.4 Å². The zero-order valence-electron chi connectivity index (χ0n) is 10.7. The number of rotatable bonds is 2. The van der Waals surface area contributed by atoms with Crippen molar-refractivity contribution in [3.05, 3.63) is 39.8 Å². The lowest BCUT2D eigenvalue weighted by molar-refractivity contribution is -0.118. The van der Waals surface area contributed by atoms with Gasteiger partial charge in [-0.3, -0.25) is 4.79 Å². The second-order valence-electron chi connectivity index (χ2n) is 4.40. The molecule has 0 bridgehead atoms. The van der Waals surface area contributed by atoms with E-state index in [-0.39, 0.29) is 12.5 Å². The summed E-state index contributed by atoms with van der Waals surface area (Å²) in [7, 11) is 0. The summed E-state index contributed by atoms with van der Waals surface area (Å²) in [6.45, 7) is -0.0226. The molecule has 0 spiro atoms. The maximum Gasteiger partial charge on any atom is 0.262 e. The lowest BCUT2D eigenvalue weighted by Crippen LogP contribution is -2.25. The Balaban J connectivity index is 1.95. The molecular formula is C14H10BrClN2O3. The molecule has 3 N–H and O–H groups in total. The summed E-state index contributed by atoms with van der Waals surface area (Å²) in [5.74, 6) is 1.15. The largest absolute Gasteiger partial charge is 0.481 e. The van der Waals surface area contributed by atoms with E-state index in [1.54, 1.807) is 30.3 Å². The summed E-state index contributed by atoms with van der Waals surface area (Å²) >= 11 is 9.43. The topological polar surface area (TPSA) is 73.6 Å². The van der Waals surface area contributed by atoms with Gasteiger partial charge in [0.25, 0.3) is 5.91 Å². The summed E-state index contributed by atoms with van der Waals surface area (Å²) in [5, 5.41) is 3.14. The van der Waals surface area contributed by atoms with Crippen molar-refractivity contribution in [2.24, 2.45) is 0 Å². The Bertz CT molecular complexity index is 736. The van der Waals surface area contributed by atoms with Gasteiger partial charge in [0, 0.05) is 16.6 Å². The fourth-order valence-electron chi connectivity index (χ4n) is 1.89. The van der Waals surface area contributed by atoms with E-state index in [4.69, 9.17) is 26.8 Å². The molecule has 0 aliphatic carbocycles. The van der Waals surface area contributed by atoms with Crippen molar-refractivity contribution in [2.75, 3.05) is 17.7 Å². The van der Waals surface area contributed by atoms with Gasteiger partial charge < -0.3 is 20.5 Å². The molecule has 5 nitrogen and oxygen atoms in total. The first kappa shape index (κ1) is 14.0. The highest BCUT2D eigenvalue weighted by Crippen LogP contribution is 2.40. The van der Waals surface area contributed by atoms with Crippen LogP contribution in [0.25, 0.3) is 0 Å². The van der Waals surface area contributed by atoms with Gasteiger partial charge in [0.1, 0.15) is 11.5 Å². The van der Waals surface area contributed by atoms with Crippen molar-refractivity contribution in [1.29, 1.82) is 0 Å². The van der Waals surface area contributed by atoms with Crippen molar-refractivity contribution in [2.45, 2.75) is 0 Å². The molecule has 21 heavy (non-hydrogen) atoms. The molecule has 1 aliphatic heterocycles. The van der Waals surface area contributed by atoms with Crippen molar-refractivity contribution in [1.82, 2.24) is 0 Å². The summed E-state index contributed by atoms with van der Waals surface area (Å²) < 4.78 is 11.8. The van der Waals surface area contributed by atoms with Crippen LogP contribution >= 0.6 is 27.5 Å². The van der Waals surface area contributed by atoms with Crippen molar-refractivity contribution in [3.8, 4) is 17.2 Å². The minimum Gasteiger partial charge on any atom is -0.481 e. The zero-order valence-corrected chi connectivity index (χ0v) is 13.0. The molecule has 0 saturated carbocycles. The van der Waals surface area contributed by atoms with E-state index >= 15 is 0 Å². The third-order valence-corrected chi connectivity index (χ3v) is 3.65. The van der Waals surface area contributed by atoms with Gasteiger partial charge in [0.2, 0.25) is 0 Å². The quantitative estimate of drug-likeness (QED) is 0.790. The van der Waals surface area contributed by atoms with Gasteiger partial charge in [-0.05, 0) is 18.2 Å². The Hall–Kier alpha value is -1.92. The first-order valence-corrected chi connectivity index (χ1v) is 7.19. The molecule has 3 rings (SSSR count). The fraction of sp³-hybridized carbons (Fsp3) is 0.0714. The highest BCUT2D eigenvalue weighted by Gasteiger charge is 2.19. The van der Waals surface area contributed by atoms with Gasteiger partial charge >= 0.3 is 0 Å². The number of ether oxygens (including phenoxy) is 2. The maximum absolute atomic E-state index is 11.3. The number of carbonyl (C=O) groups excluding carboxylic acids is 1. The number of hydrogen-bond acceptors (Lipinski definition) is 4. The molecule has 2 aromatic rings. The van der Waals surface area contributed by atoms with Crippen molar-refractivity contribution < 1.29 is 14.3 Å². The smallest absolute Gasteiger partial charge is 0.262 e. The highest BCUT2D eigenvalue weighted by atomic mass is 79.9. The third kappa shape index (κ3) is 2.91. The molecule has 0 aromatic heterocycles. The second kappa shape index (κ2) is 5.46. The Kier molecular flexibility index (Phi) is 3.65. The molecule has 1 aliphatic rings. The molecule has 1 amide bonds. The van der Waals surface area contributed by atoms with Crippen LogP contribution < -0.4 is 20.5 Å². The molecule has 1 heterocycles. The van der Waals surface area contributed by atoms with Crippen molar-refractivity contribution >= 4 is 44.8 Å². The number of amides is 1. The number of anilines is 2. The molecule has 0 radical (unpaired) electrons. The van der Waals surface area contributed by atoms with E-state index in [2.05, 4.69) is 21.2 Å². The highest BCUT2D eigenvalue weighted by molar-refractivity contribution is 9.10. The second-order valence-corrected chi connectivity index (χ2v) is 5.72. The van der Waals surface area contributed by atoms with Crippen LogP contribution in [0.4, 0.5) is 11.4 Å². The van der Waals surface area contributed by atoms with Crippen LogP contribution in [0.3, 0.4) is 0 Å². The lowest BCUT2D eigenvalue weighted by Gasteiger charge is -2.20. The normalized spacial score (nSPS) is 13.1. The van der Waals surface area contributed by atoms with E-state index in [0.717, 1.165) is 4.47 Å². The Morgan fingerprint density at radius 3 is 2.86 bits per heavy atom. The summed E-state index contributed by atoms with van der Waals surface area (Å²) in [6, 6.07) is 8.47. The average molecular weight is 370 g/mol. The number of nitrogens with two attached hydrogens (primary N) is 1. The maximum atomic E-state index is 11.3. The van der Waals surface area contributed by atoms with E-state index in [0.29, 0.717) is 33.6 Å². The SMILES string of the molecule is Nc1cc2c(cc1Oc1ccc(Br)cc1Cl)NC(=O)CO2. The molecule has 7 heteroatoms. The molecule has 0 unspecified atom stereocenters. The van der Waals surface area contributed by atoms with Gasteiger partial charge in [-0.25, -0.2) is 0 Å². The molecule has 2 aromatic carbocycles. The van der Waals surface area contributed by atoms with Crippen LogP contribution in [-0.4, -0.2) is 12.5 Å². The summed E-state index contributed by atoms with van der Waals surface area (Å²) in [5.41, 5.74) is 6.85. The molecule has 0 atom stereocenters. The minimum atomic E-state index is -0.222. The number of halogens is 2. The Morgan fingerprint density at radius 2 is 2.10 bits per heavy atom. The van der Waals surface area contributed by atoms with E-state index < -0.39 is 0 Å². The lowest BCUT2D eigenvalue weighted by atomic mass is 10.2. The van der Waals surface area contributed by atoms with Crippen LogP contribution in [0.5, 0.6) is 17.2 Å². The fourth-order valence-corrected chi connectivity index (χ4v) is 2.60. The Morgan fingerprint density at radius 1 is 1.29 bits per heavy atom. The minimum absolute atomic E-state index is 0.0226. The van der Waals surface area contributed by atoms with Gasteiger partial charge in [-0.15, -0.1) is 0 Å². The van der Waals surface area contributed by atoms with Gasteiger partial charge in [0.15, 0.2) is 12.4 Å². The van der Waals surface area contributed by atoms with Crippen LogP contribution in [0, 0.1) is 0 Å².